The van der Waals surface area contributed by atoms with Crippen LogP contribution in [0.25, 0.3) is 22.3 Å². The molecule has 0 unspecified atom stereocenters. The molecule has 0 radical (unpaired) electrons. The molecule has 1 saturated carbocycles. The summed E-state index contributed by atoms with van der Waals surface area (Å²) in [4.78, 5) is 24.5. The number of aromatic amines is 1. The number of hydrogen-bond donors (Lipinski definition) is 3. The lowest BCUT2D eigenvalue weighted by Gasteiger charge is -2.25. The third-order valence-corrected chi connectivity index (χ3v) is 6.30. The molecule has 1 fully saturated rings. The molecule has 1 amide bonds. The molecule has 31 heavy (non-hydrogen) atoms. The molecule has 0 spiro atoms. The van der Waals surface area contributed by atoms with Gasteiger partial charge in [-0.2, -0.15) is 5.10 Å². The van der Waals surface area contributed by atoms with Gasteiger partial charge in [-0.1, -0.05) is 0 Å². The van der Waals surface area contributed by atoms with Gasteiger partial charge in [-0.15, -0.1) is 0 Å². The largest absolute Gasteiger partial charge is 0.383 e. The van der Waals surface area contributed by atoms with Crippen LogP contribution in [-0.2, 0) is 11.8 Å². The van der Waals surface area contributed by atoms with Gasteiger partial charge in [0.25, 0.3) is 0 Å². The van der Waals surface area contributed by atoms with Crippen molar-refractivity contribution in [3.05, 3.63) is 30.2 Å². The average Bonchev–Trinajstić information content (AvgIpc) is 3.35. The molecule has 3 heterocycles. The van der Waals surface area contributed by atoms with Gasteiger partial charge in [-0.05, 0) is 50.7 Å². The molecular weight excluding hydrogens is 390 g/mol. The number of hydrogen-bond acceptors (Lipinski definition) is 5. The summed E-state index contributed by atoms with van der Waals surface area (Å²) in [5.74, 6) is 0.833. The van der Waals surface area contributed by atoms with Crippen molar-refractivity contribution >= 4 is 28.8 Å². The number of carbonyl (C=O) groups is 1. The highest BCUT2D eigenvalue weighted by molar-refractivity contribution is 5.93. The minimum Gasteiger partial charge on any atom is -0.383 e. The van der Waals surface area contributed by atoms with Gasteiger partial charge in [0.15, 0.2) is 0 Å². The van der Waals surface area contributed by atoms with Crippen LogP contribution in [0.2, 0.25) is 0 Å². The molecule has 0 aromatic carbocycles. The van der Waals surface area contributed by atoms with Crippen LogP contribution in [0.5, 0.6) is 0 Å². The van der Waals surface area contributed by atoms with Gasteiger partial charge in [0.05, 0.1) is 11.9 Å². The van der Waals surface area contributed by atoms with Crippen molar-refractivity contribution in [3.63, 3.8) is 0 Å². The zero-order chi connectivity index (χ0) is 21.8. The van der Waals surface area contributed by atoms with E-state index in [0.29, 0.717) is 19.0 Å². The monoisotopic (exact) mass is 421 g/mol. The zero-order valence-corrected chi connectivity index (χ0v) is 18.5. The summed E-state index contributed by atoms with van der Waals surface area (Å²) in [5.41, 5.74) is 5.00. The van der Waals surface area contributed by atoms with Crippen LogP contribution in [0.15, 0.2) is 29.5 Å². The fourth-order valence-electron chi connectivity index (χ4n) is 4.36. The second-order valence-electron chi connectivity index (χ2n) is 8.31. The number of aliphatic imine (C=N–C) groups is 1. The van der Waals surface area contributed by atoms with E-state index in [9.17, 15) is 4.79 Å². The van der Waals surface area contributed by atoms with E-state index in [2.05, 4.69) is 36.8 Å². The number of anilines is 1. The Hall–Kier alpha value is -3.16. The Morgan fingerprint density at radius 1 is 1.32 bits per heavy atom. The highest BCUT2D eigenvalue weighted by atomic mass is 16.1. The summed E-state index contributed by atoms with van der Waals surface area (Å²) < 4.78 is 1.86. The fourth-order valence-corrected chi connectivity index (χ4v) is 4.36. The minimum absolute atomic E-state index is 0.129. The standard InChI is InChI=1S/C23H31N7O/c1-15-19(14-28-30(15)3)21-12-18-20(8-9-26-22(18)29-21)25-10-11-27-23(31)17-6-4-16(5-7-17)13-24-2/h8-9,12-14,16-17H,4-7,10-11H2,1-3H3,(H,27,31)(H2,25,26,29). The molecule has 164 valence electrons. The van der Waals surface area contributed by atoms with E-state index in [0.717, 1.165) is 59.4 Å². The van der Waals surface area contributed by atoms with E-state index in [4.69, 9.17) is 0 Å². The van der Waals surface area contributed by atoms with Crippen molar-refractivity contribution in [2.24, 2.45) is 23.9 Å². The molecule has 0 atom stereocenters. The number of rotatable bonds is 7. The lowest BCUT2D eigenvalue weighted by atomic mass is 9.82. The van der Waals surface area contributed by atoms with E-state index < -0.39 is 0 Å². The number of H-pyrrole nitrogens is 1. The summed E-state index contributed by atoms with van der Waals surface area (Å²) in [5, 5.41) is 11.9. The molecule has 3 aromatic rings. The molecule has 1 aliphatic rings. The second kappa shape index (κ2) is 9.32. The fraction of sp³-hybridized carbons (Fsp3) is 0.478. The van der Waals surface area contributed by atoms with Gasteiger partial charge in [0.1, 0.15) is 5.65 Å². The number of amides is 1. The number of fused-ring (bicyclic) bond motifs is 1. The van der Waals surface area contributed by atoms with Crippen LogP contribution in [0.1, 0.15) is 31.4 Å². The molecule has 0 bridgehead atoms. The van der Waals surface area contributed by atoms with Crippen molar-refractivity contribution < 1.29 is 4.79 Å². The molecule has 0 saturated heterocycles. The van der Waals surface area contributed by atoms with Crippen molar-refractivity contribution in [2.45, 2.75) is 32.6 Å². The number of aryl methyl sites for hydroxylation is 1. The maximum atomic E-state index is 12.5. The van der Waals surface area contributed by atoms with E-state index in [1.54, 1.807) is 6.20 Å². The van der Waals surface area contributed by atoms with Gasteiger partial charge >= 0.3 is 0 Å². The van der Waals surface area contributed by atoms with Crippen LogP contribution in [-0.4, -0.2) is 52.0 Å². The van der Waals surface area contributed by atoms with Crippen molar-refractivity contribution in [3.8, 4) is 11.3 Å². The molecule has 1 aliphatic carbocycles. The van der Waals surface area contributed by atoms with Gasteiger partial charge in [-0.3, -0.25) is 9.48 Å². The van der Waals surface area contributed by atoms with E-state index in [1.165, 1.54) is 0 Å². The predicted octanol–water partition coefficient (Wildman–Crippen LogP) is 3.31. The van der Waals surface area contributed by atoms with Crippen LogP contribution >= 0.6 is 0 Å². The van der Waals surface area contributed by atoms with Crippen molar-refractivity contribution in [1.29, 1.82) is 0 Å². The Morgan fingerprint density at radius 2 is 2.13 bits per heavy atom. The number of aromatic nitrogens is 4. The van der Waals surface area contributed by atoms with Crippen LogP contribution in [0, 0.1) is 18.8 Å². The Kier molecular flexibility index (Phi) is 6.34. The zero-order valence-electron chi connectivity index (χ0n) is 18.5. The first-order valence-electron chi connectivity index (χ1n) is 11.0. The predicted molar refractivity (Wildman–Crippen MR) is 124 cm³/mol. The maximum absolute atomic E-state index is 12.5. The maximum Gasteiger partial charge on any atom is 0.223 e. The Bertz CT molecular complexity index is 1070. The molecule has 0 aliphatic heterocycles. The number of nitrogens with one attached hydrogen (secondary N) is 3. The Labute approximate surface area is 182 Å². The normalized spacial score (nSPS) is 19.2. The Morgan fingerprint density at radius 3 is 2.84 bits per heavy atom. The van der Waals surface area contributed by atoms with Gasteiger partial charge in [0.2, 0.25) is 5.91 Å². The summed E-state index contributed by atoms with van der Waals surface area (Å²) >= 11 is 0. The molecule has 4 rings (SSSR count). The van der Waals surface area contributed by atoms with Gasteiger partial charge in [0, 0.05) is 67.8 Å². The quantitative estimate of drug-likeness (QED) is 0.402. The van der Waals surface area contributed by atoms with Crippen LogP contribution in [0.4, 0.5) is 5.69 Å². The summed E-state index contributed by atoms with van der Waals surface area (Å²) in [6, 6.07) is 4.07. The lowest BCUT2D eigenvalue weighted by Crippen LogP contribution is -2.36. The molecule has 3 aromatic heterocycles. The number of pyridine rings is 1. The first-order valence-corrected chi connectivity index (χ1v) is 11.0. The minimum atomic E-state index is 0.129. The highest BCUT2D eigenvalue weighted by Gasteiger charge is 2.25. The first kappa shape index (κ1) is 21.1. The number of carbonyl (C=O) groups excluding carboxylic acids is 1. The SMILES string of the molecule is CN=CC1CCC(C(=O)NCCNc2ccnc3[nH]c(-c4cnn(C)c4C)cc23)CC1. The third-order valence-electron chi connectivity index (χ3n) is 6.30. The second-order valence-corrected chi connectivity index (χ2v) is 8.31. The lowest BCUT2D eigenvalue weighted by molar-refractivity contribution is -0.125. The van der Waals surface area contributed by atoms with Crippen LogP contribution < -0.4 is 10.6 Å². The van der Waals surface area contributed by atoms with Crippen molar-refractivity contribution in [1.82, 2.24) is 25.1 Å². The average molecular weight is 422 g/mol. The summed E-state index contributed by atoms with van der Waals surface area (Å²) in [6.07, 6.45) is 9.67. The van der Waals surface area contributed by atoms with Gasteiger partial charge in [-0.25, -0.2) is 4.98 Å². The molecule has 3 N–H and O–H groups in total. The smallest absolute Gasteiger partial charge is 0.223 e. The van der Waals surface area contributed by atoms with E-state index in [-0.39, 0.29) is 11.8 Å². The van der Waals surface area contributed by atoms with Crippen LogP contribution in [0.3, 0.4) is 0 Å². The molecular formula is C23H31N7O. The van der Waals surface area contributed by atoms with E-state index >= 15 is 0 Å². The molecule has 8 nitrogen and oxygen atoms in total. The number of nitrogens with zero attached hydrogens (tertiary/aromatic N) is 4. The summed E-state index contributed by atoms with van der Waals surface area (Å²) in [7, 11) is 3.75. The summed E-state index contributed by atoms with van der Waals surface area (Å²) in [6.45, 7) is 3.31. The van der Waals surface area contributed by atoms with Gasteiger partial charge < -0.3 is 20.6 Å². The molecule has 8 heteroatoms. The third kappa shape index (κ3) is 4.62. The highest BCUT2D eigenvalue weighted by Crippen LogP contribution is 2.30. The Balaban J connectivity index is 1.32. The first-order chi connectivity index (χ1) is 15.1. The van der Waals surface area contributed by atoms with E-state index in [1.807, 2.05) is 44.2 Å². The topological polar surface area (TPSA) is 100.0 Å². The van der Waals surface area contributed by atoms with Crippen molar-refractivity contribution in [2.75, 3.05) is 25.5 Å².